The minimum Gasteiger partial charge on any atom is -0.250 e. The van der Waals surface area contributed by atoms with Crippen molar-refractivity contribution in [2.45, 2.75) is 4.90 Å². The van der Waals surface area contributed by atoms with Crippen LogP contribution in [-0.2, 0) is 10.8 Å². The van der Waals surface area contributed by atoms with Gasteiger partial charge < -0.3 is 0 Å². The van der Waals surface area contributed by atoms with Gasteiger partial charge in [-0.3, -0.25) is 0 Å². The highest BCUT2D eigenvalue weighted by molar-refractivity contribution is 7.88. The highest BCUT2D eigenvalue weighted by Crippen LogP contribution is 2.04. The summed E-state index contributed by atoms with van der Waals surface area (Å²) in [4.78, 5) is 0.803. The van der Waals surface area contributed by atoms with Crippen LogP contribution in [0.4, 0.5) is 0 Å². The Hall–Kier alpha value is -0.890. The van der Waals surface area contributed by atoms with Crippen LogP contribution in [0, 0.1) is 0 Å². The van der Waals surface area contributed by atoms with Gasteiger partial charge >= 0.3 is 0 Å². The molecule has 0 aromatic heterocycles. The molecule has 0 N–H and O–H groups in total. The molecular weight excluding hydrogens is 146 g/mol. The first-order chi connectivity index (χ1) is 4.84. The summed E-state index contributed by atoms with van der Waals surface area (Å²) in [6, 6.07) is 9.24. The van der Waals surface area contributed by atoms with Crippen LogP contribution in [0.2, 0.25) is 0 Å². The topological polar surface area (TPSA) is 17.1 Å². The fourth-order valence-corrected chi connectivity index (χ4v) is 1.27. The molecule has 1 unspecified atom stereocenters. The van der Waals surface area contributed by atoms with Crippen LogP contribution in [0.25, 0.3) is 0 Å². The van der Waals surface area contributed by atoms with E-state index >= 15 is 0 Å². The van der Waals surface area contributed by atoms with E-state index in [1.165, 1.54) is 5.41 Å². The van der Waals surface area contributed by atoms with Gasteiger partial charge in [0.2, 0.25) is 0 Å². The van der Waals surface area contributed by atoms with Gasteiger partial charge in [-0.1, -0.05) is 24.8 Å². The zero-order valence-electron chi connectivity index (χ0n) is 5.49. The molecule has 2 heteroatoms. The third-order valence-corrected chi connectivity index (χ3v) is 2.17. The van der Waals surface area contributed by atoms with Gasteiger partial charge in [0.1, 0.15) is 0 Å². The van der Waals surface area contributed by atoms with Crippen LogP contribution in [0.15, 0.2) is 47.2 Å². The number of benzene rings is 1. The molecule has 1 aromatic carbocycles. The van der Waals surface area contributed by atoms with Crippen molar-refractivity contribution in [2.24, 2.45) is 0 Å². The van der Waals surface area contributed by atoms with Crippen molar-refractivity contribution in [2.75, 3.05) is 0 Å². The number of rotatable bonds is 2. The Kier molecular flexibility index (Phi) is 2.40. The molecule has 0 spiro atoms. The van der Waals surface area contributed by atoms with E-state index < -0.39 is 10.8 Å². The molecule has 10 heavy (non-hydrogen) atoms. The lowest BCUT2D eigenvalue weighted by atomic mass is 10.6. The van der Waals surface area contributed by atoms with E-state index in [1.807, 2.05) is 30.3 Å². The predicted octanol–water partition coefficient (Wildman–Crippen LogP) is 1.94. The monoisotopic (exact) mass is 154 g/mol. The third-order valence-electron chi connectivity index (χ3n) is 1.13. The largest absolute Gasteiger partial charge is 0.250 e. The van der Waals surface area contributed by atoms with Gasteiger partial charge in [0.05, 0.1) is 10.8 Å². The van der Waals surface area contributed by atoms with E-state index in [9.17, 15) is 4.21 Å². The maximum Gasteiger partial charge on any atom is 0.0769 e. The molecule has 1 aromatic rings. The Balaban J connectivity index is 2.95. The van der Waals surface area contributed by atoms with Gasteiger partial charge in [0.25, 0.3) is 0 Å². The molecule has 0 aliphatic carbocycles. The Labute approximate surface area is 62.8 Å². The first-order valence-electron chi connectivity index (χ1n) is 2.93. The summed E-state index contributed by atoms with van der Waals surface area (Å²) in [5, 5.41) is 1.43. The summed E-state index contributed by atoms with van der Waals surface area (Å²) in [6.07, 6.45) is 0. The Bertz CT molecular complexity index is 241. The highest BCUT2D eigenvalue weighted by atomic mass is 32.2. The first kappa shape index (κ1) is 7.22. The highest BCUT2D eigenvalue weighted by Gasteiger charge is 1.93. The minimum absolute atomic E-state index is 0.803. The Morgan fingerprint density at radius 3 is 2.40 bits per heavy atom. The van der Waals surface area contributed by atoms with Crippen molar-refractivity contribution in [3.63, 3.8) is 0 Å². The molecule has 0 saturated heterocycles. The Morgan fingerprint density at radius 2 is 1.90 bits per heavy atom. The predicted molar refractivity (Wildman–Crippen MR) is 43.0 cm³/mol. The first-order valence-corrected chi connectivity index (χ1v) is 4.14. The second-order valence-corrected chi connectivity index (χ2v) is 3.18. The second-order valence-electron chi connectivity index (χ2n) is 1.78. The van der Waals surface area contributed by atoms with Crippen LogP contribution < -0.4 is 0 Å². The van der Waals surface area contributed by atoms with E-state index in [2.05, 4.69) is 6.58 Å². The summed E-state index contributed by atoms with van der Waals surface area (Å²) >= 11 is 0. The lowest BCUT2D eigenvalue weighted by molar-refractivity contribution is 0.688. The zero-order chi connectivity index (χ0) is 7.40. The fourth-order valence-electron chi connectivity index (χ4n) is 0.651. The summed E-state index contributed by atoms with van der Waals surface area (Å²) < 4.78 is 11.0. The van der Waals surface area contributed by atoms with E-state index in [4.69, 9.17) is 0 Å². The molecule has 0 fully saturated rings. The summed E-state index contributed by atoms with van der Waals surface area (Å²) in [7, 11) is -1.03. The van der Waals surface area contributed by atoms with Crippen molar-refractivity contribution in [3.05, 3.63) is 42.3 Å². The molecule has 0 aliphatic rings. The lowest BCUT2D eigenvalue weighted by Gasteiger charge is -1.92. The molecule has 0 amide bonds. The molecule has 1 atom stereocenters. The van der Waals surface area contributed by atoms with Crippen molar-refractivity contribution in [1.29, 1.82) is 0 Å². The molecule has 52 valence electrons. The van der Waals surface area contributed by atoms with Gasteiger partial charge in [-0.15, -0.1) is 0 Å². The average molecular weight is 154 g/mol. The van der Waals surface area contributed by atoms with Gasteiger partial charge in [-0.05, 0) is 12.1 Å². The minimum atomic E-state index is -1.03. The summed E-state index contributed by atoms with van der Waals surface area (Å²) in [6.45, 7) is 3.44. The van der Waals surface area contributed by atoms with Gasteiger partial charge in [0.15, 0.2) is 0 Å². The molecule has 0 heterocycles. The smallest absolute Gasteiger partial charge is 0.0769 e. The Morgan fingerprint density at radius 1 is 1.30 bits per heavy atom. The van der Waals surface area contributed by atoms with E-state index in [0.717, 1.165) is 4.90 Å². The van der Waals surface area contributed by atoms with Crippen LogP contribution >= 0.6 is 0 Å². The van der Waals surface area contributed by atoms with Crippen LogP contribution in [0.1, 0.15) is 0 Å². The molecule has 0 bridgehead atoms. The molecule has 1 nitrogen and oxygen atoms in total. The summed E-state index contributed by atoms with van der Waals surface area (Å²) in [5.41, 5.74) is 0. The SMILES string of the molecule is C=CS(=O)[13c]1cccc[13cH]1. The van der Waals surface area contributed by atoms with Gasteiger partial charge in [0, 0.05) is 10.3 Å². The van der Waals surface area contributed by atoms with Crippen molar-refractivity contribution >= 4 is 10.8 Å². The van der Waals surface area contributed by atoms with Gasteiger partial charge in [-0.2, -0.15) is 0 Å². The summed E-state index contributed by atoms with van der Waals surface area (Å²) in [5.74, 6) is 0. The number of hydrogen-bond donors (Lipinski definition) is 0. The van der Waals surface area contributed by atoms with E-state index in [0.29, 0.717) is 0 Å². The van der Waals surface area contributed by atoms with Crippen LogP contribution in [-0.4, -0.2) is 4.21 Å². The second kappa shape index (κ2) is 3.32. The normalized spacial score (nSPS) is 12.4. The maximum absolute atomic E-state index is 11.0. The van der Waals surface area contributed by atoms with Crippen LogP contribution in [0.5, 0.6) is 0 Å². The van der Waals surface area contributed by atoms with Crippen LogP contribution in [0.3, 0.4) is 0 Å². The van der Waals surface area contributed by atoms with Gasteiger partial charge in [-0.25, -0.2) is 4.21 Å². The van der Waals surface area contributed by atoms with Crippen molar-refractivity contribution in [3.8, 4) is 0 Å². The molecular formula is C8H8OS. The zero-order valence-corrected chi connectivity index (χ0v) is 6.30. The molecule has 0 radical (unpaired) electrons. The molecule has 0 saturated carbocycles. The van der Waals surface area contributed by atoms with Crippen molar-refractivity contribution in [1.82, 2.24) is 0 Å². The standard InChI is InChI=1S/C8H8OS/c1-2-10(9)8-6-4-3-5-7-8/h2-7H,1H2/i6+1,8+1. The van der Waals surface area contributed by atoms with Crippen molar-refractivity contribution < 1.29 is 4.21 Å². The maximum atomic E-state index is 11.0. The number of hydrogen-bond acceptors (Lipinski definition) is 1. The third kappa shape index (κ3) is 1.54. The lowest BCUT2D eigenvalue weighted by Crippen LogP contribution is -1.82. The van der Waals surface area contributed by atoms with E-state index in [-0.39, 0.29) is 0 Å². The molecule has 0 aliphatic heterocycles. The molecule has 1 rings (SSSR count). The average Bonchev–Trinajstić information content (AvgIpc) is 2.05. The van der Waals surface area contributed by atoms with E-state index in [1.54, 1.807) is 0 Å². The quantitative estimate of drug-likeness (QED) is 0.636. The fraction of sp³-hybridized carbons (Fsp3) is 0.